The Kier molecular flexibility index (Phi) is 7.54. The molecule has 5 heteroatoms. The fourth-order valence-electron chi connectivity index (χ4n) is 5.15. The van der Waals surface area contributed by atoms with E-state index in [0.29, 0.717) is 17.7 Å². The quantitative estimate of drug-likeness (QED) is 0.292. The van der Waals surface area contributed by atoms with Crippen molar-refractivity contribution in [3.8, 4) is 17.1 Å². The normalized spacial score (nSPS) is 14.9. The average Bonchev–Trinajstić information content (AvgIpc) is 3.39. The second kappa shape index (κ2) is 11.3. The summed E-state index contributed by atoms with van der Waals surface area (Å²) in [4.78, 5) is 7.27. The van der Waals surface area contributed by atoms with Crippen LogP contribution >= 0.6 is 0 Å². The Labute approximate surface area is 207 Å². The maximum absolute atomic E-state index is 5.59. The van der Waals surface area contributed by atoms with Gasteiger partial charge in [0.2, 0.25) is 11.7 Å². The van der Waals surface area contributed by atoms with E-state index in [9.17, 15) is 0 Å². The van der Waals surface area contributed by atoms with Crippen molar-refractivity contribution in [2.45, 2.75) is 31.6 Å². The summed E-state index contributed by atoms with van der Waals surface area (Å²) in [6.45, 7) is 3.35. The molecule has 0 amide bonds. The van der Waals surface area contributed by atoms with Gasteiger partial charge in [0, 0.05) is 12.3 Å². The van der Waals surface area contributed by atoms with Crippen molar-refractivity contribution in [2.75, 3.05) is 26.7 Å². The zero-order valence-electron chi connectivity index (χ0n) is 20.3. The Bertz CT molecular complexity index is 1140. The lowest BCUT2D eigenvalue weighted by atomic mass is 9.87. The summed E-state index contributed by atoms with van der Waals surface area (Å²) in [5.41, 5.74) is 3.66. The Morgan fingerprint density at radius 3 is 2.17 bits per heavy atom. The number of hydrogen-bond acceptors (Lipinski definition) is 5. The van der Waals surface area contributed by atoms with Gasteiger partial charge >= 0.3 is 0 Å². The predicted molar refractivity (Wildman–Crippen MR) is 138 cm³/mol. The van der Waals surface area contributed by atoms with Crippen LogP contribution in [0, 0.1) is 5.92 Å². The molecular weight excluding hydrogens is 434 g/mol. The van der Waals surface area contributed by atoms with Crippen molar-refractivity contribution in [2.24, 2.45) is 5.92 Å². The van der Waals surface area contributed by atoms with Crippen LogP contribution in [0.1, 0.15) is 42.2 Å². The van der Waals surface area contributed by atoms with Crippen molar-refractivity contribution >= 4 is 0 Å². The van der Waals surface area contributed by atoms with Gasteiger partial charge in [-0.2, -0.15) is 4.98 Å². The maximum atomic E-state index is 5.59. The molecule has 0 aliphatic carbocycles. The molecule has 1 saturated heterocycles. The molecule has 0 spiro atoms. The first-order chi connectivity index (χ1) is 17.3. The van der Waals surface area contributed by atoms with Gasteiger partial charge in [-0.1, -0.05) is 78.0 Å². The molecule has 0 bridgehead atoms. The predicted octanol–water partition coefficient (Wildman–Crippen LogP) is 6.22. The van der Waals surface area contributed by atoms with Crippen LogP contribution in [-0.4, -0.2) is 41.8 Å². The van der Waals surface area contributed by atoms with Crippen LogP contribution in [0.15, 0.2) is 89.5 Å². The molecule has 1 aromatic heterocycles. The summed E-state index contributed by atoms with van der Waals surface area (Å²) >= 11 is 0. The van der Waals surface area contributed by atoms with Gasteiger partial charge in [0.05, 0.1) is 12.7 Å². The number of hydrogen-bond donors (Lipinski definition) is 0. The number of piperidine rings is 1. The molecule has 3 aromatic carbocycles. The molecule has 0 N–H and O–H groups in total. The van der Waals surface area contributed by atoms with Gasteiger partial charge in [0.1, 0.15) is 5.75 Å². The minimum absolute atomic E-state index is 0.432. The maximum Gasteiger partial charge on any atom is 0.227 e. The smallest absolute Gasteiger partial charge is 0.227 e. The van der Waals surface area contributed by atoms with Gasteiger partial charge in [0.15, 0.2) is 0 Å². The second-order valence-corrected chi connectivity index (χ2v) is 9.36. The number of methoxy groups -OCH3 is 1. The SMILES string of the molecule is COc1ccccc1-c1noc(CC2CCN(CCC(c3ccccc3)c3ccccc3)CC2)n1. The highest BCUT2D eigenvalue weighted by molar-refractivity contribution is 5.63. The monoisotopic (exact) mass is 467 g/mol. The van der Waals surface area contributed by atoms with Crippen molar-refractivity contribution in [3.63, 3.8) is 0 Å². The van der Waals surface area contributed by atoms with Crippen LogP contribution in [0.4, 0.5) is 0 Å². The molecular formula is C30H33N3O2. The average molecular weight is 468 g/mol. The third-order valence-electron chi connectivity index (χ3n) is 7.12. The summed E-state index contributed by atoms with van der Waals surface area (Å²) in [6, 6.07) is 29.6. The van der Waals surface area contributed by atoms with E-state index in [4.69, 9.17) is 9.26 Å². The Morgan fingerprint density at radius 1 is 0.886 bits per heavy atom. The Morgan fingerprint density at radius 2 is 1.51 bits per heavy atom. The summed E-state index contributed by atoms with van der Waals surface area (Å²) < 4.78 is 11.0. The first-order valence-corrected chi connectivity index (χ1v) is 12.6. The molecule has 4 aromatic rings. The number of benzene rings is 3. The molecule has 1 fully saturated rings. The van der Waals surface area contributed by atoms with Crippen molar-refractivity contribution in [1.82, 2.24) is 15.0 Å². The zero-order chi connectivity index (χ0) is 23.9. The molecule has 5 nitrogen and oxygen atoms in total. The molecule has 1 aliphatic heterocycles. The first-order valence-electron chi connectivity index (χ1n) is 12.6. The number of nitrogens with zero attached hydrogens (tertiary/aromatic N) is 3. The third-order valence-corrected chi connectivity index (χ3v) is 7.12. The second-order valence-electron chi connectivity index (χ2n) is 9.36. The molecule has 0 atom stereocenters. The largest absolute Gasteiger partial charge is 0.496 e. The summed E-state index contributed by atoms with van der Waals surface area (Å²) in [5, 5.41) is 4.21. The molecule has 0 saturated carbocycles. The Hall–Kier alpha value is -3.44. The Balaban J connectivity index is 1.15. The topological polar surface area (TPSA) is 51.4 Å². The van der Waals surface area contributed by atoms with Gasteiger partial charge < -0.3 is 14.2 Å². The molecule has 2 heterocycles. The fourth-order valence-corrected chi connectivity index (χ4v) is 5.15. The molecule has 0 unspecified atom stereocenters. The number of aromatic nitrogens is 2. The van der Waals surface area contributed by atoms with Gasteiger partial charge in [-0.3, -0.25) is 0 Å². The lowest BCUT2D eigenvalue weighted by Crippen LogP contribution is -2.35. The van der Waals surface area contributed by atoms with Crippen LogP contribution in [0.2, 0.25) is 0 Å². The minimum atomic E-state index is 0.432. The van der Waals surface area contributed by atoms with Crippen molar-refractivity contribution in [3.05, 3.63) is 102 Å². The summed E-state index contributed by atoms with van der Waals surface area (Å²) in [6.07, 6.45) is 4.29. The molecule has 180 valence electrons. The number of likely N-dealkylation sites (tertiary alicyclic amines) is 1. The molecule has 5 rings (SSSR count). The van der Waals surface area contributed by atoms with Gasteiger partial charge in [0.25, 0.3) is 0 Å². The third kappa shape index (κ3) is 5.80. The van der Waals surface area contributed by atoms with E-state index in [2.05, 4.69) is 75.7 Å². The van der Waals surface area contributed by atoms with E-state index in [0.717, 1.165) is 62.5 Å². The zero-order valence-corrected chi connectivity index (χ0v) is 20.3. The summed E-state index contributed by atoms with van der Waals surface area (Å²) in [5.74, 6) is 3.09. The van der Waals surface area contributed by atoms with E-state index in [1.807, 2.05) is 24.3 Å². The van der Waals surface area contributed by atoms with Gasteiger partial charge in [-0.15, -0.1) is 0 Å². The number of ether oxygens (including phenoxy) is 1. The lowest BCUT2D eigenvalue weighted by molar-refractivity contribution is 0.174. The standard InChI is InChI=1S/C30H33N3O2/c1-34-28-15-9-8-14-27(28)30-31-29(35-32-30)22-23-16-19-33(20-17-23)21-18-26(24-10-4-2-5-11-24)25-12-6-3-7-13-25/h2-15,23,26H,16-22H2,1H3. The molecule has 0 radical (unpaired) electrons. The highest BCUT2D eigenvalue weighted by Gasteiger charge is 2.23. The van der Waals surface area contributed by atoms with E-state index in [1.165, 1.54) is 11.1 Å². The molecule has 1 aliphatic rings. The van der Waals surface area contributed by atoms with Gasteiger partial charge in [-0.25, -0.2) is 0 Å². The van der Waals surface area contributed by atoms with Crippen LogP contribution in [0.5, 0.6) is 5.75 Å². The van der Waals surface area contributed by atoms with E-state index in [1.54, 1.807) is 7.11 Å². The first kappa shape index (κ1) is 23.3. The fraction of sp³-hybridized carbons (Fsp3) is 0.333. The molecule has 35 heavy (non-hydrogen) atoms. The highest BCUT2D eigenvalue weighted by Crippen LogP contribution is 2.30. The van der Waals surface area contributed by atoms with Crippen LogP contribution < -0.4 is 4.74 Å². The van der Waals surface area contributed by atoms with E-state index >= 15 is 0 Å². The van der Waals surface area contributed by atoms with Crippen molar-refractivity contribution in [1.29, 1.82) is 0 Å². The van der Waals surface area contributed by atoms with Crippen LogP contribution in [0.3, 0.4) is 0 Å². The lowest BCUT2D eigenvalue weighted by Gasteiger charge is -2.32. The van der Waals surface area contributed by atoms with E-state index in [-0.39, 0.29) is 0 Å². The van der Waals surface area contributed by atoms with Crippen molar-refractivity contribution < 1.29 is 9.26 Å². The number of rotatable bonds is 9. The minimum Gasteiger partial charge on any atom is -0.496 e. The van der Waals surface area contributed by atoms with E-state index < -0.39 is 0 Å². The van der Waals surface area contributed by atoms with Gasteiger partial charge in [-0.05, 0) is 68.1 Å². The summed E-state index contributed by atoms with van der Waals surface area (Å²) in [7, 11) is 1.66. The van der Waals surface area contributed by atoms with Crippen LogP contribution in [0.25, 0.3) is 11.4 Å². The highest BCUT2D eigenvalue weighted by atomic mass is 16.5. The van der Waals surface area contributed by atoms with Crippen LogP contribution in [-0.2, 0) is 6.42 Å². The number of para-hydroxylation sites is 1.